The van der Waals surface area contributed by atoms with Crippen molar-refractivity contribution < 1.29 is 38.2 Å². The van der Waals surface area contributed by atoms with Crippen LogP contribution in [0.1, 0.15) is 77.1 Å². The van der Waals surface area contributed by atoms with Gasteiger partial charge in [0.05, 0.1) is 11.1 Å². The van der Waals surface area contributed by atoms with E-state index in [1.807, 2.05) is 81.4 Å². The van der Waals surface area contributed by atoms with Crippen LogP contribution in [0.3, 0.4) is 0 Å². The first kappa shape index (κ1) is 36.8. The number of nitrogens with one attached hydrogen (secondary N) is 2. The lowest BCUT2D eigenvalue weighted by molar-refractivity contribution is -0.187. The van der Waals surface area contributed by atoms with E-state index in [-0.39, 0.29) is 29.1 Å². The molecule has 1 saturated heterocycles. The van der Waals surface area contributed by atoms with Crippen LogP contribution in [-0.2, 0) is 19.1 Å². The van der Waals surface area contributed by atoms with Gasteiger partial charge >= 0.3 is 12.1 Å². The van der Waals surface area contributed by atoms with Crippen LogP contribution in [0.25, 0.3) is 0 Å². The van der Waals surface area contributed by atoms with Crippen LogP contribution in [0.5, 0.6) is 5.75 Å². The highest BCUT2D eigenvalue weighted by atomic mass is 16.7. The molecule has 0 aliphatic carbocycles. The molecule has 1 fully saturated rings. The molecule has 3 amide bonds. The van der Waals surface area contributed by atoms with Gasteiger partial charge < -0.3 is 24.4 Å². The molecule has 0 radical (unpaired) electrons. The van der Waals surface area contributed by atoms with Crippen LogP contribution in [-0.4, -0.2) is 77.1 Å². The van der Waals surface area contributed by atoms with E-state index in [1.54, 1.807) is 41.3 Å². The van der Waals surface area contributed by atoms with E-state index >= 15 is 0 Å². The van der Waals surface area contributed by atoms with Crippen molar-refractivity contribution in [2.24, 2.45) is 0 Å². The fourth-order valence-electron chi connectivity index (χ4n) is 6.02. The molecule has 2 heterocycles. The monoisotopic (exact) mass is 718 g/mol. The molecule has 12 heteroatoms. The van der Waals surface area contributed by atoms with Crippen molar-refractivity contribution >= 4 is 29.7 Å². The van der Waals surface area contributed by atoms with Crippen LogP contribution in [0.4, 0.5) is 4.79 Å². The molecular weight excluding hydrogens is 676 g/mol. The van der Waals surface area contributed by atoms with Crippen LogP contribution in [0.15, 0.2) is 109 Å². The molecule has 0 saturated carbocycles. The van der Waals surface area contributed by atoms with Gasteiger partial charge in [0.15, 0.2) is 6.10 Å². The van der Waals surface area contributed by atoms with Crippen LogP contribution in [0, 0.1) is 5.41 Å². The number of esters is 1. The Hall–Kier alpha value is -6.01. The molecule has 4 aromatic rings. The third-order valence-corrected chi connectivity index (χ3v) is 8.73. The second kappa shape index (κ2) is 16.1. The highest BCUT2D eigenvalue weighted by Gasteiger charge is 2.41. The third kappa shape index (κ3) is 9.08. The van der Waals surface area contributed by atoms with Crippen molar-refractivity contribution in [3.8, 4) is 5.75 Å². The van der Waals surface area contributed by atoms with Gasteiger partial charge in [-0.05, 0) is 81.1 Å². The van der Waals surface area contributed by atoms with Gasteiger partial charge in [-0.25, -0.2) is 14.4 Å². The van der Waals surface area contributed by atoms with Crippen molar-refractivity contribution in [1.82, 2.24) is 15.3 Å². The van der Waals surface area contributed by atoms with Crippen molar-refractivity contribution in [3.63, 3.8) is 0 Å². The number of ether oxygens (including phenoxy) is 3. The quantitative estimate of drug-likeness (QED) is 0.0788. The van der Waals surface area contributed by atoms with Gasteiger partial charge in [0.2, 0.25) is 6.10 Å². The molecule has 0 bridgehead atoms. The number of carbonyl (C=O) groups is 4. The zero-order chi connectivity index (χ0) is 37.5. The Balaban J connectivity index is 1.12. The Morgan fingerprint density at radius 1 is 0.792 bits per heavy atom. The summed E-state index contributed by atoms with van der Waals surface area (Å²) >= 11 is 0. The molecule has 2 aliphatic rings. The standard InChI is InChI=1S/C41H42N4O8/c1-41(2,3)52-40(49)44-24-22-30(23-25-44)43-36(42)29-18-20-31(21-19-29)50-26-34(53-45-37(46)32-16-10-11-17-33(32)38(45)47)39(48)51-35(27-12-6-4-7-13-27)28-14-8-5-9-15-28/h4-21,30,34-35H,22-26H2,1-3H3,(H2,42,43)/t34-/m0/s1. The molecule has 2 N–H and O–H groups in total. The Morgan fingerprint density at radius 3 is 1.85 bits per heavy atom. The van der Waals surface area contributed by atoms with Gasteiger partial charge in [0.25, 0.3) is 11.8 Å². The average molecular weight is 719 g/mol. The van der Waals surface area contributed by atoms with Crippen molar-refractivity contribution in [2.45, 2.75) is 57.5 Å². The number of hydrogen-bond acceptors (Lipinski definition) is 9. The maximum Gasteiger partial charge on any atom is 0.410 e. The van der Waals surface area contributed by atoms with Gasteiger partial charge in [-0.1, -0.05) is 72.8 Å². The molecular formula is C41H42N4O8. The van der Waals surface area contributed by atoms with Crippen molar-refractivity contribution in [3.05, 3.63) is 137 Å². The number of hydrogen-bond donors (Lipinski definition) is 2. The molecule has 274 valence electrons. The summed E-state index contributed by atoms with van der Waals surface area (Å²) in [7, 11) is 0. The van der Waals surface area contributed by atoms with E-state index in [9.17, 15) is 19.2 Å². The Morgan fingerprint density at radius 2 is 1.32 bits per heavy atom. The number of amides is 3. The van der Waals surface area contributed by atoms with E-state index in [1.165, 1.54) is 12.1 Å². The Kier molecular flexibility index (Phi) is 11.2. The average Bonchev–Trinajstić information content (AvgIpc) is 3.40. The second-order valence-electron chi connectivity index (χ2n) is 13.8. The normalized spacial score (nSPS) is 15.2. The number of amidine groups is 1. The summed E-state index contributed by atoms with van der Waals surface area (Å²) < 4.78 is 17.5. The molecule has 53 heavy (non-hydrogen) atoms. The summed E-state index contributed by atoms with van der Waals surface area (Å²) in [5.41, 5.74) is 1.81. The van der Waals surface area contributed by atoms with E-state index in [2.05, 4.69) is 5.32 Å². The first-order chi connectivity index (χ1) is 25.5. The second-order valence-corrected chi connectivity index (χ2v) is 13.8. The first-order valence-corrected chi connectivity index (χ1v) is 17.5. The summed E-state index contributed by atoms with van der Waals surface area (Å²) in [6, 6.07) is 31.4. The maximum absolute atomic E-state index is 13.9. The van der Waals surface area contributed by atoms with E-state index in [4.69, 9.17) is 24.5 Å². The minimum Gasteiger partial charge on any atom is -0.490 e. The number of rotatable bonds is 11. The minimum absolute atomic E-state index is 0.0128. The van der Waals surface area contributed by atoms with E-state index in [0.29, 0.717) is 53.4 Å². The van der Waals surface area contributed by atoms with Crippen LogP contribution < -0.4 is 10.1 Å². The lowest BCUT2D eigenvalue weighted by Crippen LogP contribution is -2.47. The lowest BCUT2D eigenvalue weighted by Gasteiger charge is -2.34. The lowest BCUT2D eigenvalue weighted by atomic mass is 10.0. The highest BCUT2D eigenvalue weighted by Crippen LogP contribution is 2.29. The molecule has 0 spiro atoms. The topological polar surface area (TPSA) is 148 Å². The van der Waals surface area contributed by atoms with Crippen molar-refractivity contribution in [1.29, 1.82) is 5.41 Å². The van der Waals surface area contributed by atoms with Crippen LogP contribution >= 0.6 is 0 Å². The largest absolute Gasteiger partial charge is 0.490 e. The number of likely N-dealkylation sites (tertiary alicyclic amines) is 1. The summed E-state index contributed by atoms with van der Waals surface area (Å²) in [5, 5.41) is 12.5. The minimum atomic E-state index is -1.52. The molecule has 0 unspecified atom stereocenters. The fourth-order valence-corrected chi connectivity index (χ4v) is 6.02. The molecule has 1 atom stereocenters. The molecule has 2 aliphatic heterocycles. The summed E-state index contributed by atoms with van der Waals surface area (Å²) in [6.45, 7) is 6.16. The highest BCUT2D eigenvalue weighted by molar-refractivity contribution is 6.20. The number of hydroxylamine groups is 2. The third-order valence-electron chi connectivity index (χ3n) is 8.73. The van der Waals surface area contributed by atoms with Crippen molar-refractivity contribution in [2.75, 3.05) is 19.7 Å². The zero-order valence-electron chi connectivity index (χ0n) is 29.8. The van der Waals surface area contributed by atoms with E-state index in [0.717, 1.165) is 0 Å². The number of nitrogens with zero attached hydrogens (tertiary/aromatic N) is 2. The van der Waals surface area contributed by atoms with Gasteiger partial charge in [-0.2, -0.15) is 0 Å². The number of carbonyl (C=O) groups excluding carboxylic acids is 4. The molecule has 6 rings (SSSR count). The summed E-state index contributed by atoms with van der Waals surface area (Å²) in [4.78, 5) is 60.2. The van der Waals surface area contributed by atoms with Gasteiger partial charge in [0.1, 0.15) is 23.8 Å². The summed E-state index contributed by atoms with van der Waals surface area (Å²) in [6.07, 6.45) is -1.32. The van der Waals surface area contributed by atoms with E-state index < -0.39 is 42.2 Å². The first-order valence-electron chi connectivity index (χ1n) is 17.5. The predicted octanol–water partition coefficient (Wildman–Crippen LogP) is 6.31. The number of piperidine rings is 1. The van der Waals surface area contributed by atoms with Crippen LogP contribution in [0.2, 0.25) is 0 Å². The summed E-state index contributed by atoms with van der Waals surface area (Å²) in [5.74, 6) is -1.66. The number of fused-ring (bicyclic) bond motifs is 1. The predicted molar refractivity (Wildman–Crippen MR) is 195 cm³/mol. The molecule has 0 aromatic heterocycles. The van der Waals surface area contributed by atoms with Gasteiger partial charge in [0, 0.05) is 24.7 Å². The number of benzene rings is 4. The fraction of sp³-hybridized carbons (Fsp3) is 0.293. The SMILES string of the molecule is CC(C)(C)OC(=O)N1CCC(NC(=N)c2ccc(OC[C@H](ON3C(=O)c4ccccc4C3=O)C(=O)OC(c3ccccc3)c3ccccc3)cc2)CC1. The molecule has 12 nitrogen and oxygen atoms in total. The smallest absolute Gasteiger partial charge is 0.410 e. The Labute approximate surface area is 308 Å². The van der Waals surface area contributed by atoms with Gasteiger partial charge in [-0.15, -0.1) is 5.06 Å². The Bertz CT molecular complexity index is 1860. The zero-order valence-corrected chi connectivity index (χ0v) is 29.8. The number of imide groups is 1. The van der Waals surface area contributed by atoms with Gasteiger partial charge in [-0.3, -0.25) is 15.0 Å². The maximum atomic E-state index is 13.9. The molecule has 4 aromatic carbocycles.